The second-order valence-electron chi connectivity index (χ2n) is 4.41. The fourth-order valence-corrected chi connectivity index (χ4v) is 2.20. The Hall–Kier alpha value is -1.66. The van der Waals surface area contributed by atoms with E-state index in [1.165, 1.54) is 0 Å². The zero-order valence-corrected chi connectivity index (χ0v) is 10.1. The highest BCUT2D eigenvalue weighted by Crippen LogP contribution is 2.15. The van der Waals surface area contributed by atoms with Crippen LogP contribution < -0.4 is 5.32 Å². The molecule has 0 bridgehead atoms. The van der Waals surface area contributed by atoms with Gasteiger partial charge in [0.25, 0.3) is 5.91 Å². The largest absolute Gasteiger partial charge is 0.395 e. The SMILES string of the molecule is O=C(CN1CCC[C@H]1CO)NC(=O)c1ccc[nH]1. The van der Waals surface area contributed by atoms with Gasteiger partial charge in [0.1, 0.15) is 5.69 Å². The van der Waals surface area contributed by atoms with Crippen molar-refractivity contribution in [3.8, 4) is 0 Å². The lowest BCUT2D eigenvalue weighted by atomic mass is 10.2. The Morgan fingerprint density at radius 1 is 1.56 bits per heavy atom. The Balaban J connectivity index is 1.83. The van der Waals surface area contributed by atoms with Gasteiger partial charge in [0.15, 0.2) is 0 Å². The molecule has 2 rings (SSSR count). The first-order valence-electron chi connectivity index (χ1n) is 6.03. The second-order valence-corrected chi connectivity index (χ2v) is 4.41. The third-order valence-electron chi connectivity index (χ3n) is 3.15. The molecule has 0 saturated carbocycles. The molecule has 6 nitrogen and oxygen atoms in total. The maximum Gasteiger partial charge on any atom is 0.274 e. The van der Waals surface area contributed by atoms with E-state index >= 15 is 0 Å². The van der Waals surface area contributed by atoms with Gasteiger partial charge in [-0.15, -0.1) is 0 Å². The van der Waals surface area contributed by atoms with Crippen LogP contribution in [0.4, 0.5) is 0 Å². The molecule has 0 aromatic carbocycles. The molecule has 0 spiro atoms. The second kappa shape index (κ2) is 5.79. The topological polar surface area (TPSA) is 85.4 Å². The van der Waals surface area contributed by atoms with Crippen LogP contribution >= 0.6 is 0 Å². The van der Waals surface area contributed by atoms with Crippen LogP contribution in [0.15, 0.2) is 18.3 Å². The molecule has 18 heavy (non-hydrogen) atoms. The van der Waals surface area contributed by atoms with E-state index < -0.39 is 5.91 Å². The number of hydrogen-bond donors (Lipinski definition) is 3. The molecule has 1 fully saturated rings. The van der Waals surface area contributed by atoms with Crippen LogP contribution in [0.1, 0.15) is 23.3 Å². The highest BCUT2D eigenvalue weighted by Gasteiger charge is 2.26. The van der Waals surface area contributed by atoms with Gasteiger partial charge in [0, 0.05) is 12.2 Å². The lowest BCUT2D eigenvalue weighted by Gasteiger charge is -2.21. The fraction of sp³-hybridized carbons (Fsp3) is 0.500. The van der Waals surface area contributed by atoms with Crippen molar-refractivity contribution in [2.45, 2.75) is 18.9 Å². The van der Waals surface area contributed by atoms with Crippen molar-refractivity contribution in [3.05, 3.63) is 24.0 Å². The summed E-state index contributed by atoms with van der Waals surface area (Å²) in [6.45, 7) is 0.991. The van der Waals surface area contributed by atoms with E-state index in [9.17, 15) is 9.59 Å². The molecule has 98 valence electrons. The van der Waals surface area contributed by atoms with Crippen LogP contribution in [0.5, 0.6) is 0 Å². The van der Waals surface area contributed by atoms with Crippen molar-refractivity contribution in [1.29, 1.82) is 0 Å². The number of aliphatic hydroxyl groups is 1. The number of amides is 2. The molecule has 2 amide bonds. The number of aromatic amines is 1. The van der Waals surface area contributed by atoms with Crippen molar-refractivity contribution in [2.24, 2.45) is 0 Å². The molecule has 1 aliphatic rings. The summed E-state index contributed by atoms with van der Waals surface area (Å²) in [5.41, 5.74) is 0.364. The quantitative estimate of drug-likeness (QED) is 0.687. The lowest BCUT2D eigenvalue weighted by molar-refractivity contribution is -0.121. The molecular weight excluding hydrogens is 234 g/mol. The molecule has 1 aliphatic heterocycles. The number of carbonyl (C=O) groups excluding carboxylic acids is 2. The minimum absolute atomic E-state index is 0.0383. The molecule has 1 aromatic heterocycles. The summed E-state index contributed by atoms with van der Waals surface area (Å²) < 4.78 is 0. The molecule has 0 radical (unpaired) electrons. The molecule has 1 aromatic rings. The number of rotatable bonds is 4. The molecule has 3 N–H and O–H groups in total. The van der Waals surface area contributed by atoms with E-state index in [1.54, 1.807) is 18.3 Å². The predicted molar refractivity (Wildman–Crippen MR) is 64.9 cm³/mol. The van der Waals surface area contributed by atoms with Crippen LogP contribution in [0.3, 0.4) is 0 Å². The average molecular weight is 251 g/mol. The van der Waals surface area contributed by atoms with Crippen LogP contribution in [0.2, 0.25) is 0 Å². The zero-order valence-electron chi connectivity index (χ0n) is 10.1. The van der Waals surface area contributed by atoms with Gasteiger partial charge in [-0.2, -0.15) is 0 Å². The average Bonchev–Trinajstić information content (AvgIpc) is 2.98. The fourth-order valence-electron chi connectivity index (χ4n) is 2.20. The number of aromatic nitrogens is 1. The van der Waals surface area contributed by atoms with Gasteiger partial charge >= 0.3 is 0 Å². The molecule has 0 aliphatic carbocycles. The number of nitrogens with zero attached hydrogens (tertiary/aromatic N) is 1. The first-order valence-corrected chi connectivity index (χ1v) is 6.03. The van der Waals surface area contributed by atoms with Crippen LogP contribution in [-0.4, -0.2) is 52.5 Å². The van der Waals surface area contributed by atoms with Gasteiger partial charge < -0.3 is 10.1 Å². The van der Waals surface area contributed by atoms with Crippen molar-refractivity contribution in [3.63, 3.8) is 0 Å². The highest BCUT2D eigenvalue weighted by atomic mass is 16.3. The molecular formula is C12H17N3O3. The van der Waals surface area contributed by atoms with Gasteiger partial charge in [-0.3, -0.25) is 19.8 Å². The molecule has 6 heteroatoms. The Labute approximate surface area is 105 Å². The summed E-state index contributed by atoms with van der Waals surface area (Å²) in [5.74, 6) is -0.764. The van der Waals surface area contributed by atoms with Crippen molar-refractivity contribution in [2.75, 3.05) is 19.7 Å². The Morgan fingerprint density at radius 2 is 2.39 bits per heavy atom. The summed E-state index contributed by atoms with van der Waals surface area (Å²) >= 11 is 0. The number of carbonyl (C=O) groups is 2. The number of likely N-dealkylation sites (tertiary alicyclic amines) is 1. The van der Waals surface area contributed by atoms with Gasteiger partial charge in [-0.1, -0.05) is 0 Å². The van der Waals surface area contributed by atoms with Crippen molar-refractivity contribution < 1.29 is 14.7 Å². The third-order valence-corrected chi connectivity index (χ3v) is 3.15. The number of aliphatic hydroxyl groups excluding tert-OH is 1. The van der Waals surface area contributed by atoms with Gasteiger partial charge in [0.2, 0.25) is 5.91 Å². The van der Waals surface area contributed by atoms with Gasteiger partial charge in [-0.05, 0) is 31.5 Å². The minimum Gasteiger partial charge on any atom is -0.395 e. The zero-order chi connectivity index (χ0) is 13.0. The summed E-state index contributed by atoms with van der Waals surface area (Å²) in [6, 6.07) is 3.34. The normalized spacial score (nSPS) is 19.9. The minimum atomic E-state index is -0.426. The standard InChI is InChI=1S/C12H17N3O3/c16-8-9-3-2-6-15(9)7-11(17)14-12(18)10-4-1-5-13-10/h1,4-5,9,13,16H,2-3,6-8H2,(H,14,17,18)/t9-/m0/s1. The van der Waals surface area contributed by atoms with Crippen molar-refractivity contribution >= 4 is 11.8 Å². The predicted octanol–water partition coefficient (Wildman–Crippen LogP) is -0.272. The maximum absolute atomic E-state index is 11.7. The van der Waals surface area contributed by atoms with Crippen LogP contribution in [0, 0.1) is 0 Å². The maximum atomic E-state index is 11.7. The summed E-state index contributed by atoms with van der Waals surface area (Å²) in [7, 11) is 0. The first-order chi connectivity index (χ1) is 8.70. The lowest BCUT2D eigenvalue weighted by Crippen LogP contribution is -2.43. The van der Waals surface area contributed by atoms with E-state index in [4.69, 9.17) is 5.11 Å². The van der Waals surface area contributed by atoms with Crippen molar-refractivity contribution in [1.82, 2.24) is 15.2 Å². The van der Waals surface area contributed by atoms with Crippen LogP contribution in [0.25, 0.3) is 0 Å². The molecule has 2 heterocycles. The number of hydrogen-bond acceptors (Lipinski definition) is 4. The third kappa shape index (κ3) is 2.96. The van der Waals surface area contributed by atoms with E-state index in [-0.39, 0.29) is 25.1 Å². The van der Waals surface area contributed by atoms with E-state index in [0.717, 1.165) is 19.4 Å². The number of nitrogens with one attached hydrogen (secondary N) is 2. The number of H-pyrrole nitrogens is 1. The Bertz CT molecular complexity index is 416. The summed E-state index contributed by atoms with van der Waals surface area (Å²) in [4.78, 5) is 27.9. The van der Waals surface area contributed by atoms with E-state index in [0.29, 0.717) is 5.69 Å². The summed E-state index contributed by atoms with van der Waals surface area (Å²) in [5, 5.41) is 11.5. The summed E-state index contributed by atoms with van der Waals surface area (Å²) in [6.07, 6.45) is 3.50. The van der Waals surface area contributed by atoms with Crippen LogP contribution in [-0.2, 0) is 4.79 Å². The Kier molecular flexibility index (Phi) is 4.11. The smallest absolute Gasteiger partial charge is 0.274 e. The Morgan fingerprint density at radius 3 is 3.06 bits per heavy atom. The van der Waals surface area contributed by atoms with Gasteiger partial charge in [-0.25, -0.2) is 0 Å². The monoisotopic (exact) mass is 251 g/mol. The first kappa shape index (κ1) is 12.8. The van der Waals surface area contributed by atoms with Gasteiger partial charge in [0.05, 0.1) is 13.2 Å². The molecule has 0 unspecified atom stereocenters. The molecule has 1 atom stereocenters. The van der Waals surface area contributed by atoms with E-state index in [2.05, 4.69) is 10.3 Å². The number of imide groups is 1. The molecule has 1 saturated heterocycles. The highest BCUT2D eigenvalue weighted by molar-refractivity contribution is 6.04. The van der Waals surface area contributed by atoms with E-state index in [1.807, 2.05) is 4.90 Å².